The van der Waals surface area contributed by atoms with Crippen molar-refractivity contribution in [3.63, 3.8) is 0 Å². The lowest BCUT2D eigenvalue weighted by Gasteiger charge is -2.34. The minimum atomic E-state index is -0.555. The van der Waals surface area contributed by atoms with Crippen LogP contribution in [0.4, 0.5) is 0 Å². The lowest BCUT2D eigenvalue weighted by Crippen LogP contribution is -2.28. The van der Waals surface area contributed by atoms with Gasteiger partial charge in [0.25, 0.3) is 0 Å². The van der Waals surface area contributed by atoms with Crippen molar-refractivity contribution >= 4 is 0 Å². The summed E-state index contributed by atoms with van der Waals surface area (Å²) in [6.45, 7) is 4.69. The maximum atomic E-state index is 5.47. The summed E-state index contributed by atoms with van der Waals surface area (Å²) in [5.41, 5.74) is 19.4. The number of fused-ring (bicyclic) bond motifs is 6. The third-order valence-corrected chi connectivity index (χ3v) is 12.6. The Balaban J connectivity index is 1.26. The number of hydrogen-bond donors (Lipinski definition) is 0. The molecule has 0 radical (unpaired) electrons. The largest absolute Gasteiger partial charge is 0.228 e. The zero-order chi connectivity index (χ0) is 38.8. The molecule has 1 aromatic heterocycles. The van der Waals surface area contributed by atoms with Crippen LogP contribution in [0.3, 0.4) is 0 Å². The molecule has 0 saturated carbocycles. The molecule has 0 N–H and O–H groups in total. The van der Waals surface area contributed by atoms with E-state index >= 15 is 0 Å². The predicted molar refractivity (Wildman–Crippen MR) is 239 cm³/mol. The van der Waals surface area contributed by atoms with Gasteiger partial charge >= 0.3 is 0 Å². The molecule has 274 valence electrons. The van der Waals surface area contributed by atoms with Crippen LogP contribution in [0.15, 0.2) is 206 Å². The topological polar surface area (TPSA) is 25.8 Å². The van der Waals surface area contributed by atoms with Crippen LogP contribution >= 0.6 is 0 Å². The van der Waals surface area contributed by atoms with Crippen molar-refractivity contribution < 1.29 is 0 Å². The summed E-state index contributed by atoms with van der Waals surface area (Å²) >= 11 is 0. The third kappa shape index (κ3) is 5.11. The molecule has 2 aliphatic rings. The fourth-order valence-corrected chi connectivity index (χ4v) is 9.88. The van der Waals surface area contributed by atoms with E-state index in [4.69, 9.17) is 9.97 Å². The van der Waals surface area contributed by atoms with Crippen molar-refractivity contribution in [1.82, 2.24) is 9.97 Å². The molecular formula is C56H40N2. The molecule has 0 spiro atoms. The van der Waals surface area contributed by atoms with Gasteiger partial charge in [-0.15, -0.1) is 0 Å². The molecule has 0 fully saturated rings. The highest BCUT2D eigenvalue weighted by Gasteiger charge is 2.46. The van der Waals surface area contributed by atoms with Gasteiger partial charge in [-0.05, 0) is 91.0 Å². The second-order valence-corrected chi connectivity index (χ2v) is 16.1. The van der Waals surface area contributed by atoms with Gasteiger partial charge in [0.2, 0.25) is 0 Å². The standard InChI is InChI=1S/C56H40N2/c1-55(2)48-29-17-15-27-42(48)45-33-39(31-32-49(45)55)44-34-46-43-28-16-18-30-50(43)56(40-23-11-5-12-24-40,41-25-13-6-14-26-41)51(46)35-47(44)53-36-52(37-19-7-3-8-20-37)57-54(58-53)38-21-9-4-10-22-38/h3-36H,1-2H3. The maximum Gasteiger partial charge on any atom is 0.160 e. The Labute approximate surface area is 340 Å². The summed E-state index contributed by atoms with van der Waals surface area (Å²) in [6.07, 6.45) is 0. The molecule has 0 saturated heterocycles. The molecule has 0 unspecified atom stereocenters. The Hall–Kier alpha value is -7.16. The highest BCUT2D eigenvalue weighted by molar-refractivity contribution is 5.96. The lowest BCUT2D eigenvalue weighted by atomic mass is 9.67. The average molecular weight is 741 g/mol. The van der Waals surface area contributed by atoms with Crippen molar-refractivity contribution in [1.29, 1.82) is 0 Å². The Morgan fingerprint density at radius 1 is 0.310 bits per heavy atom. The molecule has 0 amide bonds. The zero-order valence-corrected chi connectivity index (χ0v) is 32.5. The molecule has 8 aromatic carbocycles. The highest BCUT2D eigenvalue weighted by atomic mass is 14.9. The van der Waals surface area contributed by atoms with E-state index in [-0.39, 0.29) is 5.41 Å². The molecule has 0 atom stereocenters. The summed E-state index contributed by atoms with van der Waals surface area (Å²) < 4.78 is 0. The number of hydrogen-bond acceptors (Lipinski definition) is 2. The van der Waals surface area contributed by atoms with Crippen molar-refractivity contribution in [2.75, 3.05) is 0 Å². The molecule has 0 bridgehead atoms. The van der Waals surface area contributed by atoms with Gasteiger partial charge in [-0.3, -0.25) is 0 Å². The van der Waals surface area contributed by atoms with Crippen LogP contribution in [0.5, 0.6) is 0 Å². The normalized spacial score (nSPS) is 14.0. The van der Waals surface area contributed by atoms with E-state index in [1.54, 1.807) is 0 Å². The molecule has 58 heavy (non-hydrogen) atoms. The van der Waals surface area contributed by atoms with E-state index in [2.05, 4.69) is 214 Å². The van der Waals surface area contributed by atoms with Crippen LogP contribution in [0.1, 0.15) is 47.2 Å². The quantitative estimate of drug-likeness (QED) is 0.170. The first-order valence-corrected chi connectivity index (χ1v) is 20.2. The Morgan fingerprint density at radius 3 is 1.47 bits per heavy atom. The van der Waals surface area contributed by atoms with Gasteiger partial charge in [0.15, 0.2) is 5.82 Å². The van der Waals surface area contributed by atoms with E-state index in [9.17, 15) is 0 Å². The first-order valence-electron chi connectivity index (χ1n) is 20.2. The number of aromatic nitrogens is 2. The molecule has 2 nitrogen and oxygen atoms in total. The van der Waals surface area contributed by atoms with Crippen LogP contribution in [0.2, 0.25) is 0 Å². The molecule has 0 aliphatic heterocycles. The van der Waals surface area contributed by atoms with Crippen molar-refractivity contribution in [2.24, 2.45) is 0 Å². The maximum absolute atomic E-state index is 5.47. The molecular weight excluding hydrogens is 701 g/mol. The average Bonchev–Trinajstić information content (AvgIpc) is 3.72. The smallest absolute Gasteiger partial charge is 0.160 e. The van der Waals surface area contributed by atoms with Crippen LogP contribution in [0, 0.1) is 0 Å². The van der Waals surface area contributed by atoms with E-state index in [0.717, 1.165) is 33.6 Å². The monoisotopic (exact) mass is 740 g/mol. The van der Waals surface area contributed by atoms with E-state index in [0.29, 0.717) is 5.82 Å². The van der Waals surface area contributed by atoms with Crippen molar-refractivity contribution in [3.05, 3.63) is 240 Å². The van der Waals surface area contributed by atoms with Crippen LogP contribution in [-0.4, -0.2) is 9.97 Å². The highest BCUT2D eigenvalue weighted by Crippen LogP contribution is 2.58. The molecule has 9 aromatic rings. The fraction of sp³-hybridized carbons (Fsp3) is 0.0714. The van der Waals surface area contributed by atoms with Gasteiger partial charge in [-0.25, -0.2) is 9.97 Å². The fourth-order valence-electron chi connectivity index (χ4n) is 9.88. The number of benzene rings is 8. The van der Waals surface area contributed by atoms with Gasteiger partial charge in [-0.1, -0.05) is 196 Å². The summed E-state index contributed by atoms with van der Waals surface area (Å²) in [4.78, 5) is 10.7. The first-order chi connectivity index (χ1) is 28.5. The van der Waals surface area contributed by atoms with Crippen molar-refractivity contribution in [3.8, 4) is 67.3 Å². The second-order valence-electron chi connectivity index (χ2n) is 16.1. The summed E-state index contributed by atoms with van der Waals surface area (Å²) in [7, 11) is 0. The molecule has 1 heterocycles. The molecule has 2 aliphatic carbocycles. The Bertz CT molecular complexity index is 2910. The minimum Gasteiger partial charge on any atom is -0.228 e. The van der Waals surface area contributed by atoms with Gasteiger partial charge in [-0.2, -0.15) is 0 Å². The van der Waals surface area contributed by atoms with Crippen LogP contribution in [-0.2, 0) is 10.8 Å². The third-order valence-electron chi connectivity index (χ3n) is 12.6. The van der Waals surface area contributed by atoms with Gasteiger partial charge in [0.05, 0.1) is 16.8 Å². The summed E-state index contributed by atoms with van der Waals surface area (Å²) in [5.74, 6) is 0.702. The summed E-state index contributed by atoms with van der Waals surface area (Å²) in [6, 6.07) is 75.0. The zero-order valence-electron chi connectivity index (χ0n) is 32.5. The number of rotatable bonds is 6. The van der Waals surface area contributed by atoms with Crippen LogP contribution < -0.4 is 0 Å². The van der Waals surface area contributed by atoms with Gasteiger partial charge in [0, 0.05) is 22.1 Å². The first kappa shape index (κ1) is 34.1. The van der Waals surface area contributed by atoms with E-state index in [1.165, 1.54) is 61.2 Å². The molecule has 11 rings (SSSR count). The van der Waals surface area contributed by atoms with E-state index < -0.39 is 5.41 Å². The minimum absolute atomic E-state index is 0.0864. The van der Waals surface area contributed by atoms with Crippen molar-refractivity contribution in [2.45, 2.75) is 24.7 Å². The Kier molecular flexibility index (Phi) is 7.78. The van der Waals surface area contributed by atoms with Crippen LogP contribution in [0.25, 0.3) is 67.3 Å². The molecule has 2 heteroatoms. The SMILES string of the molecule is CC1(C)c2ccccc2-c2cc(-c3cc4c(cc3-c3cc(-c5ccccc5)nc(-c5ccccc5)n3)C(c3ccccc3)(c3ccccc3)c3ccccc3-4)ccc21. The van der Waals surface area contributed by atoms with Gasteiger partial charge in [0.1, 0.15) is 0 Å². The Morgan fingerprint density at radius 2 is 0.810 bits per heavy atom. The van der Waals surface area contributed by atoms with Gasteiger partial charge < -0.3 is 0 Å². The summed E-state index contributed by atoms with van der Waals surface area (Å²) in [5, 5.41) is 0. The number of nitrogens with zero attached hydrogens (tertiary/aromatic N) is 2. The predicted octanol–water partition coefficient (Wildman–Crippen LogP) is 13.8. The second kappa shape index (κ2) is 13.2. The van der Waals surface area contributed by atoms with E-state index in [1.807, 2.05) is 6.07 Å². The lowest BCUT2D eigenvalue weighted by molar-refractivity contribution is 0.660.